The van der Waals surface area contributed by atoms with Gasteiger partial charge in [-0.1, -0.05) is 30.0 Å². The Morgan fingerprint density at radius 2 is 2.17 bits per heavy atom. The van der Waals surface area contributed by atoms with Crippen molar-refractivity contribution >= 4 is 39.1 Å². The van der Waals surface area contributed by atoms with Gasteiger partial charge in [0.25, 0.3) is 5.56 Å². The standard InChI is InChI=1S/C22H18N2O4S2/c1-3-10-24-21(26)19-15(18-9-6-11-28-18)12-29-20(19)23-22(24)30-13-16(25)14-7-4-5-8-17(14)27-2/h3-9,11-12H,1,10,13H2,2H3. The number of Topliss-reactive ketones (excluding diaryl/α,β-unsaturated/α-hetero) is 1. The van der Waals surface area contributed by atoms with Gasteiger partial charge in [0.1, 0.15) is 16.3 Å². The smallest absolute Gasteiger partial charge is 0.263 e. The highest BCUT2D eigenvalue weighted by Crippen LogP contribution is 2.32. The molecule has 0 bridgehead atoms. The van der Waals surface area contributed by atoms with Gasteiger partial charge >= 0.3 is 0 Å². The topological polar surface area (TPSA) is 74.3 Å². The number of aromatic nitrogens is 2. The zero-order valence-corrected chi connectivity index (χ0v) is 17.8. The van der Waals surface area contributed by atoms with Crippen LogP contribution in [0, 0.1) is 0 Å². The maximum absolute atomic E-state index is 13.3. The van der Waals surface area contributed by atoms with Crippen LogP contribution in [-0.2, 0) is 6.54 Å². The predicted molar refractivity (Wildman–Crippen MR) is 120 cm³/mol. The second-order valence-corrected chi connectivity index (χ2v) is 8.12. The third kappa shape index (κ3) is 3.71. The summed E-state index contributed by atoms with van der Waals surface area (Å²) < 4.78 is 12.3. The van der Waals surface area contributed by atoms with Gasteiger partial charge in [-0.3, -0.25) is 14.2 Å². The van der Waals surface area contributed by atoms with Crippen molar-refractivity contribution in [3.05, 3.63) is 76.6 Å². The fourth-order valence-corrected chi connectivity index (χ4v) is 4.96. The number of methoxy groups -OCH3 is 1. The molecule has 0 atom stereocenters. The quantitative estimate of drug-likeness (QED) is 0.169. The van der Waals surface area contributed by atoms with Crippen LogP contribution in [0.2, 0.25) is 0 Å². The number of carbonyl (C=O) groups is 1. The molecule has 0 fully saturated rings. The first-order valence-electron chi connectivity index (χ1n) is 9.10. The first-order chi connectivity index (χ1) is 14.6. The zero-order valence-electron chi connectivity index (χ0n) is 16.2. The van der Waals surface area contributed by atoms with Gasteiger partial charge in [-0.15, -0.1) is 17.9 Å². The summed E-state index contributed by atoms with van der Waals surface area (Å²) in [7, 11) is 1.53. The van der Waals surface area contributed by atoms with Gasteiger partial charge in [0, 0.05) is 17.5 Å². The summed E-state index contributed by atoms with van der Waals surface area (Å²) in [5.41, 5.74) is 1.04. The van der Waals surface area contributed by atoms with E-state index in [2.05, 4.69) is 11.6 Å². The lowest BCUT2D eigenvalue weighted by molar-refractivity contribution is 0.101. The molecule has 0 radical (unpaired) electrons. The number of carbonyl (C=O) groups excluding carboxylic acids is 1. The number of allylic oxidation sites excluding steroid dienone is 1. The average Bonchev–Trinajstić information content (AvgIpc) is 3.44. The van der Waals surface area contributed by atoms with E-state index >= 15 is 0 Å². The van der Waals surface area contributed by atoms with Crippen molar-refractivity contribution in [3.63, 3.8) is 0 Å². The van der Waals surface area contributed by atoms with E-state index in [1.165, 1.54) is 34.8 Å². The molecule has 0 saturated carbocycles. The molecule has 0 saturated heterocycles. The number of fused-ring (bicyclic) bond motifs is 1. The number of thioether (sulfide) groups is 1. The lowest BCUT2D eigenvalue weighted by Crippen LogP contribution is -2.23. The summed E-state index contributed by atoms with van der Waals surface area (Å²) in [4.78, 5) is 31.3. The lowest BCUT2D eigenvalue weighted by atomic mass is 10.1. The van der Waals surface area contributed by atoms with Crippen LogP contribution in [0.1, 0.15) is 10.4 Å². The summed E-state index contributed by atoms with van der Waals surface area (Å²) in [5, 5.41) is 2.85. The second kappa shape index (κ2) is 8.73. The average molecular weight is 439 g/mol. The number of rotatable bonds is 8. The van der Waals surface area contributed by atoms with E-state index in [1.807, 2.05) is 17.5 Å². The van der Waals surface area contributed by atoms with Crippen LogP contribution in [0.5, 0.6) is 5.75 Å². The number of hydrogen-bond donors (Lipinski definition) is 0. The van der Waals surface area contributed by atoms with Crippen molar-refractivity contribution in [2.45, 2.75) is 11.7 Å². The number of furan rings is 1. The molecular formula is C22H18N2O4S2. The van der Waals surface area contributed by atoms with Gasteiger partial charge in [-0.25, -0.2) is 4.98 Å². The molecule has 0 spiro atoms. The molecule has 0 aliphatic heterocycles. The van der Waals surface area contributed by atoms with Crippen molar-refractivity contribution < 1.29 is 13.9 Å². The van der Waals surface area contributed by atoms with Gasteiger partial charge < -0.3 is 9.15 Å². The Hall–Kier alpha value is -3.10. The Morgan fingerprint density at radius 3 is 2.90 bits per heavy atom. The summed E-state index contributed by atoms with van der Waals surface area (Å²) >= 11 is 2.60. The third-order valence-electron chi connectivity index (χ3n) is 4.50. The molecule has 3 aromatic heterocycles. The fourth-order valence-electron chi connectivity index (χ4n) is 3.10. The molecule has 0 unspecified atom stereocenters. The minimum Gasteiger partial charge on any atom is -0.496 e. The second-order valence-electron chi connectivity index (χ2n) is 6.32. The molecule has 1 aromatic carbocycles. The summed E-state index contributed by atoms with van der Waals surface area (Å²) in [6.45, 7) is 4.04. The van der Waals surface area contributed by atoms with Crippen LogP contribution in [0.25, 0.3) is 21.5 Å². The Balaban J connectivity index is 1.70. The molecule has 6 nitrogen and oxygen atoms in total. The van der Waals surface area contributed by atoms with Gasteiger partial charge in [-0.05, 0) is 24.3 Å². The summed E-state index contributed by atoms with van der Waals surface area (Å²) in [6, 6.07) is 10.7. The molecule has 0 aliphatic rings. The van der Waals surface area contributed by atoms with Gasteiger partial charge in [0.15, 0.2) is 10.9 Å². The summed E-state index contributed by atoms with van der Waals surface area (Å²) in [5.74, 6) is 1.18. The predicted octanol–water partition coefficient (Wildman–Crippen LogP) is 4.89. The van der Waals surface area contributed by atoms with Crippen LogP contribution < -0.4 is 10.3 Å². The van der Waals surface area contributed by atoms with Crippen LogP contribution in [0.15, 0.2) is 75.1 Å². The molecule has 30 heavy (non-hydrogen) atoms. The fraction of sp³-hybridized carbons (Fsp3) is 0.136. The van der Waals surface area contributed by atoms with Crippen LogP contribution in [-0.4, -0.2) is 28.2 Å². The van der Waals surface area contributed by atoms with Gasteiger partial charge in [0.2, 0.25) is 0 Å². The Bertz CT molecular complexity index is 1270. The first-order valence-corrected chi connectivity index (χ1v) is 11.0. The van der Waals surface area contributed by atoms with Crippen LogP contribution >= 0.6 is 23.1 Å². The zero-order chi connectivity index (χ0) is 21.1. The monoisotopic (exact) mass is 438 g/mol. The maximum atomic E-state index is 13.3. The molecule has 152 valence electrons. The highest BCUT2D eigenvalue weighted by atomic mass is 32.2. The highest BCUT2D eigenvalue weighted by molar-refractivity contribution is 7.99. The van der Waals surface area contributed by atoms with Crippen molar-refractivity contribution in [3.8, 4) is 17.1 Å². The van der Waals surface area contributed by atoms with Crippen molar-refractivity contribution in [1.29, 1.82) is 0 Å². The largest absolute Gasteiger partial charge is 0.496 e. The van der Waals surface area contributed by atoms with Crippen LogP contribution in [0.4, 0.5) is 0 Å². The first kappa shape index (κ1) is 20.2. The number of para-hydroxylation sites is 1. The normalized spacial score (nSPS) is 11.0. The van der Waals surface area contributed by atoms with E-state index in [-0.39, 0.29) is 17.1 Å². The molecule has 0 amide bonds. The number of benzene rings is 1. The number of thiophene rings is 1. The highest BCUT2D eigenvalue weighted by Gasteiger charge is 2.19. The van der Waals surface area contributed by atoms with E-state index in [4.69, 9.17) is 9.15 Å². The molecule has 8 heteroatoms. The molecule has 0 N–H and O–H groups in total. The van der Waals surface area contributed by atoms with Crippen molar-refractivity contribution in [1.82, 2.24) is 9.55 Å². The lowest BCUT2D eigenvalue weighted by Gasteiger charge is -2.11. The molecule has 4 rings (SSSR count). The maximum Gasteiger partial charge on any atom is 0.263 e. The van der Waals surface area contributed by atoms with E-state index in [0.717, 1.165) is 5.56 Å². The van der Waals surface area contributed by atoms with E-state index in [1.54, 1.807) is 36.6 Å². The number of ketones is 1. The Labute approximate surface area is 180 Å². The SMILES string of the molecule is C=CCn1c(SCC(=O)c2ccccc2OC)nc2scc(-c3ccco3)c2c1=O. The minimum absolute atomic E-state index is 0.0978. The number of ether oxygens (including phenoxy) is 1. The van der Waals surface area contributed by atoms with E-state index < -0.39 is 0 Å². The van der Waals surface area contributed by atoms with Gasteiger partial charge in [-0.2, -0.15) is 0 Å². The van der Waals surface area contributed by atoms with Crippen molar-refractivity contribution in [2.24, 2.45) is 0 Å². The Kier molecular flexibility index (Phi) is 5.87. The molecule has 3 heterocycles. The molecule has 0 aliphatic carbocycles. The van der Waals surface area contributed by atoms with Gasteiger partial charge in [0.05, 0.1) is 30.1 Å². The van der Waals surface area contributed by atoms with Crippen molar-refractivity contribution in [2.75, 3.05) is 12.9 Å². The third-order valence-corrected chi connectivity index (χ3v) is 6.35. The number of hydrogen-bond acceptors (Lipinski definition) is 7. The number of nitrogens with zero attached hydrogens (tertiary/aromatic N) is 2. The van der Waals surface area contributed by atoms with E-state index in [9.17, 15) is 9.59 Å². The minimum atomic E-state index is -0.181. The summed E-state index contributed by atoms with van der Waals surface area (Å²) in [6.07, 6.45) is 3.21. The molecule has 4 aromatic rings. The van der Waals surface area contributed by atoms with Crippen LogP contribution in [0.3, 0.4) is 0 Å². The van der Waals surface area contributed by atoms with E-state index in [0.29, 0.717) is 39.0 Å². The molecular weight excluding hydrogens is 420 g/mol. The Morgan fingerprint density at radius 1 is 1.33 bits per heavy atom.